The highest BCUT2D eigenvalue weighted by molar-refractivity contribution is 5.75. The molecule has 138 valence electrons. The number of aliphatic hydroxyl groups is 1. The van der Waals surface area contributed by atoms with Crippen LogP contribution in [0.4, 0.5) is 10.5 Å². The third-order valence-electron chi connectivity index (χ3n) is 5.42. The number of ether oxygens (including phenoxy) is 1. The maximum Gasteiger partial charge on any atom is 0.315 e. The Balaban J connectivity index is 1.50. The average molecular weight is 347 g/mol. The quantitative estimate of drug-likeness (QED) is 0.737. The molecule has 1 heterocycles. The summed E-state index contributed by atoms with van der Waals surface area (Å²) in [6.07, 6.45) is 4.93. The molecule has 1 aliphatic carbocycles. The second-order valence-electron chi connectivity index (χ2n) is 7.03. The second-order valence-corrected chi connectivity index (χ2v) is 7.03. The minimum absolute atomic E-state index is 0.0817. The van der Waals surface area contributed by atoms with Crippen molar-refractivity contribution in [1.82, 2.24) is 10.6 Å². The number of nitrogens with zero attached hydrogens (tertiary/aromatic N) is 1. The lowest BCUT2D eigenvalue weighted by Gasteiger charge is -2.23. The van der Waals surface area contributed by atoms with Crippen LogP contribution in [0.5, 0.6) is 5.75 Å². The van der Waals surface area contributed by atoms with Gasteiger partial charge in [-0.15, -0.1) is 0 Å². The molecule has 2 aliphatic rings. The summed E-state index contributed by atoms with van der Waals surface area (Å²) in [6.45, 7) is 1.89. The summed E-state index contributed by atoms with van der Waals surface area (Å²) in [5.41, 5.74) is 1.08. The minimum Gasteiger partial charge on any atom is -0.495 e. The number of anilines is 1. The van der Waals surface area contributed by atoms with Crippen LogP contribution in [0.3, 0.4) is 0 Å². The fourth-order valence-electron chi connectivity index (χ4n) is 4.12. The van der Waals surface area contributed by atoms with Crippen molar-refractivity contribution in [3.05, 3.63) is 24.3 Å². The van der Waals surface area contributed by atoms with E-state index in [4.69, 9.17) is 9.84 Å². The van der Waals surface area contributed by atoms with Gasteiger partial charge in [0.1, 0.15) is 5.75 Å². The molecule has 3 unspecified atom stereocenters. The number of methoxy groups -OCH3 is 1. The summed E-state index contributed by atoms with van der Waals surface area (Å²) in [5.74, 6) is 1.27. The fraction of sp³-hybridized carbons (Fsp3) is 0.632. The molecule has 1 aromatic rings. The number of para-hydroxylation sites is 2. The van der Waals surface area contributed by atoms with E-state index < -0.39 is 0 Å². The predicted molar refractivity (Wildman–Crippen MR) is 98.1 cm³/mol. The maximum atomic E-state index is 12.3. The van der Waals surface area contributed by atoms with Gasteiger partial charge in [-0.3, -0.25) is 0 Å². The van der Waals surface area contributed by atoms with Gasteiger partial charge >= 0.3 is 6.03 Å². The Kier molecular flexibility index (Phi) is 6.02. The lowest BCUT2D eigenvalue weighted by atomic mass is 10.0. The number of hydrogen-bond acceptors (Lipinski definition) is 4. The maximum absolute atomic E-state index is 12.3. The highest BCUT2D eigenvalue weighted by Crippen LogP contribution is 2.30. The van der Waals surface area contributed by atoms with Crippen molar-refractivity contribution in [3.8, 4) is 5.75 Å². The lowest BCUT2D eigenvalue weighted by Crippen LogP contribution is -2.48. The molecule has 6 nitrogen and oxygen atoms in total. The molecule has 0 radical (unpaired) electrons. The zero-order valence-electron chi connectivity index (χ0n) is 14.9. The van der Waals surface area contributed by atoms with Gasteiger partial charge in [-0.2, -0.15) is 0 Å². The van der Waals surface area contributed by atoms with Gasteiger partial charge in [0.05, 0.1) is 12.8 Å². The zero-order chi connectivity index (χ0) is 17.6. The number of carbonyl (C=O) groups excluding carboxylic acids is 1. The van der Waals surface area contributed by atoms with Crippen molar-refractivity contribution < 1.29 is 14.6 Å². The number of urea groups is 1. The van der Waals surface area contributed by atoms with Gasteiger partial charge in [0.2, 0.25) is 0 Å². The topological polar surface area (TPSA) is 73.8 Å². The summed E-state index contributed by atoms with van der Waals surface area (Å²) in [4.78, 5) is 14.6. The van der Waals surface area contributed by atoms with Crippen molar-refractivity contribution in [3.63, 3.8) is 0 Å². The Hall–Kier alpha value is -1.95. The molecule has 1 saturated heterocycles. The van der Waals surface area contributed by atoms with E-state index in [1.54, 1.807) is 7.11 Å². The van der Waals surface area contributed by atoms with Crippen molar-refractivity contribution in [2.24, 2.45) is 5.92 Å². The van der Waals surface area contributed by atoms with Gasteiger partial charge in [0.25, 0.3) is 0 Å². The lowest BCUT2D eigenvalue weighted by molar-refractivity contribution is 0.219. The van der Waals surface area contributed by atoms with Gasteiger partial charge < -0.3 is 25.4 Å². The van der Waals surface area contributed by atoms with Crippen LogP contribution in [-0.4, -0.2) is 50.0 Å². The molecule has 1 saturated carbocycles. The van der Waals surface area contributed by atoms with Crippen LogP contribution in [0.2, 0.25) is 0 Å². The Labute approximate surface area is 149 Å². The van der Waals surface area contributed by atoms with Crippen LogP contribution in [-0.2, 0) is 0 Å². The molecule has 25 heavy (non-hydrogen) atoms. The highest BCUT2D eigenvalue weighted by Gasteiger charge is 2.30. The molecule has 3 atom stereocenters. The van der Waals surface area contributed by atoms with Gasteiger partial charge in [-0.25, -0.2) is 4.79 Å². The first-order chi connectivity index (χ1) is 12.2. The molecular formula is C19H29N3O3. The van der Waals surface area contributed by atoms with E-state index in [0.717, 1.165) is 56.6 Å². The van der Waals surface area contributed by atoms with Crippen molar-refractivity contribution in [2.75, 3.05) is 31.7 Å². The van der Waals surface area contributed by atoms with E-state index in [1.807, 2.05) is 18.2 Å². The number of hydrogen-bond donors (Lipinski definition) is 3. The Morgan fingerprint density at radius 2 is 2.12 bits per heavy atom. The predicted octanol–water partition coefficient (Wildman–Crippen LogP) is 2.12. The van der Waals surface area contributed by atoms with E-state index in [0.29, 0.717) is 5.92 Å². The number of amides is 2. The first-order valence-electron chi connectivity index (χ1n) is 9.27. The third-order valence-corrected chi connectivity index (χ3v) is 5.42. The number of benzene rings is 1. The summed E-state index contributed by atoms with van der Waals surface area (Å²) in [6, 6.07) is 8.24. The molecule has 3 N–H and O–H groups in total. The van der Waals surface area contributed by atoms with E-state index in [1.165, 1.54) is 0 Å². The Morgan fingerprint density at radius 1 is 1.28 bits per heavy atom. The van der Waals surface area contributed by atoms with Gasteiger partial charge in [-0.1, -0.05) is 18.6 Å². The first kappa shape index (κ1) is 17.9. The number of nitrogens with one attached hydrogen (secondary N) is 2. The molecule has 3 rings (SSSR count). The standard InChI is InChI=1S/C19H29N3O3/c1-25-18-8-3-2-7-17(18)22-11-9-15(13-22)20-19(24)21-16-6-4-5-14(16)10-12-23/h2-3,7-8,14-16,23H,4-6,9-13H2,1H3,(H2,20,21,24). The van der Waals surface area contributed by atoms with Crippen molar-refractivity contribution in [2.45, 2.75) is 44.2 Å². The normalized spacial score (nSPS) is 25.8. The SMILES string of the molecule is COc1ccccc1N1CCC(NC(=O)NC2CCCC2CCO)C1. The number of carbonyl (C=O) groups is 1. The monoisotopic (exact) mass is 347 g/mol. The molecule has 2 fully saturated rings. The molecular weight excluding hydrogens is 318 g/mol. The summed E-state index contributed by atoms with van der Waals surface area (Å²) < 4.78 is 5.44. The van der Waals surface area contributed by atoms with Gasteiger partial charge in [0, 0.05) is 31.8 Å². The molecule has 0 aromatic heterocycles. The van der Waals surface area contributed by atoms with Crippen LogP contribution in [0, 0.1) is 5.92 Å². The van der Waals surface area contributed by atoms with Crippen molar-refractivity contribution in [1.29, 1.82) is 0 Å². The average Bonchev–Trinajstić information content (AvgIpc) is 3.25. The molecule has 2 amide bonds. The largest absolute Gasteiger partial charge is 0.495 e. The van der Waals surface area contributed by atoms with Gasteiger partial charge in [0.15, 0.2) is 0 Å². The zero-order valence-corrected chi connectivity index (χ0v) is 14.9. The van der Waals surface area contributed by atoms with E-state index >= 15 is 0 Å². The van der Waals surface area contributed by atoms with E-state index in [-0.39, 0.29) is 24.7 Å². The highest BCUT2D eigenvalue weighted by atomic mass is 16.5. The fourth-order valence-corrected chi connectivity index (χ4v) is 4.12. The molecule has 1 aromatic carbocycles. The smallest absolute Gasteiger partial charge is 0.315 e. The Bertz CT molecular complexity index is 581. The molecule has 1 aliphatic heterocycles. The first-order valence-corrected chi connectivity index (χ1v) is 9.27. The second kappa shape index (κ2) is 8.43. The van der Waals surface area contributed by atoms with Crippen molar-refractivity contribution >= 4 is 11.7 Å². The number of rotatable bonds is 6. The van der Waals surface area contributed by atoms with Crippen LogP contribution < -0.4 is 20.3 Å². The van der Waals surface area contributed by atoms with Crippen LogP contribution >= 0.6 is 0 Å². The summed E-state index contributed by atoms with van der Waals surface area (Å²) in [7, 11) is 1.68. The van der Waals surface area contributed by atoms with Gasteiger partial charge in [-0.05, 0) is 43.7 Å². The van der Waals surface area contributed by atoms with Crippen LogP contribution in [0.25, 0.3) is 0 Å². The molecule has 0 spiro atoms. The summed E-state index contributed by atoms with van der Waals surface area (Å²) in [5, 5.41) is 15.4. The third kappa shape index (κ3) is 4.37. The minimum atomic E-state index is -0.0817. The molecule has 6 heteroatoms. The number of aliphatic hydroxyl groups excluding tert-OH is 1. The van der Waals surface area contributed by atoms with Crippen LogP contribution in [0.15, 0.2) is 24.3 Å². The summed E-state index contributed by atoms with van der Waals surface area (Å²) >= 11 is 0. The van der Waals surface area contributed by atoms with E-state index in [2.05, 4.69) is 21.6 Å². The molecule has 0 bridgehead atoms. The Morgan fingerprint density at radius 3 is 2.92 bits per heavy atom. The van der Waals surface area contributed by atoms with E-state index in [9.17, 15) is 4.79 Å². The van der Waals surface area contributed by atoms with Crippen LogP contribution in [0.1, 0.15) is 32.1 Å².